The van der Waals surface area contributed by atoms with Crippen LogP contribution in [0, 0.1) is 0 Å². The first-order valence-electron chi connectivity index (χ1n) is 37.9. The molecule has 0 radical (unpaired) electrons. The molecule has 24 nitrogen and oxygen atoms in total. The molecular formula is C78H122ClN9O15. The second-order valence-corrected chi connectivity index (χ2v) is 27.5. The third-order valence-corrected chi connectivity index (χ3v) is 20.0. The molecule has 103 heavy (non-hydrogen) atoms. The molecule has 4 aromatic rings. The van der Waals surface area contributed by atoms with Gasteiger partial charge in [0.2, 0.25) is 5.91 Å². The maximum atomic E-state index is 12.2. The van der Waals surface area contributed by atoms with E-state index >= 15 is 0 Å². The lowest BCUT2D eigenvalue weighted by Gasteiger charge is -2.26. The number of carboxylic acids is 2. The van der Waals surface area contributed by atoms with Crippen LogP contribution in [0.5, 0.6) is 0 Å². The molecule has 25 heteroatoms. The van der Waals surface area contributed by atoms with E-state index in [4.69, 9.17) is 34.9 Å². The van der Waals surface area contributed by atoms with Crippen molar-refractivity contribution in [2.75, 3.05) is 125 Å². The Bertz CT molecular complexity index is 3180. The second-order valence-electron chi connectivity index (χ2n) is 27.5. The number of carbonyl (C=O) groups excluding carboxylic acids is 7. The Hall–Kier alpha value is -6.48. The molecule has 0 spiro atoms. The topological polar surface area (TPSA) is 342 Å². The van der Waals surface area contributed by atoms with Gasteiger partial charge in [-0.25, -0.2) is 0 Å². The number of nitrogens with zero attached hydrogens (tertiary/aromatic N) is 3. The summed E-state index contributed by atoms with van der Waals surface area (Å²) in [5, 5.41) is 19.9. The van der Waals surface area contributed by atoms with Crippen molar-refractivity contribution in [1.29, 1.82) is 0 Å². The normalized spacial score (nSPS) is 18.4. The highest BCUT2D eigenvalue weighted by molar-refractivity contribution is 6.00. The Morgan fingerprint density at radius 2 is 0.913 bits per heavy atom. The highest BCUT2D eigenvalue weighted by Gasteiger charge is 2.26. The summed E-state index contributed by atoms with van der Waals surface area (Å²) in [6.07, 6.45) is 36.3. The van der Waals surface area contributed by atoms with Crippen LogP contribution in [0.1, 0.15) is 242 Å². The Morgan fingerprint density at radius 1 is 0.476 bits per heavy atom. The number of hydrogen-bond acceptors (Lipinski definition) is 17. The lowest BCUT2D eigenvalue weighted by atomic mass is 10.00. The minimum absolute atomic E-state index is 0. The van der Waals surface area contributed by atoms with E-state index in [1.807, 2.05) is 11.1 Å². The summed E-state index contributed by atoms with van der Waals surface area (Å²) in [6.45, 7) is 16.6. The van der Waals surface area contributed by atoms with Gasteiger partial charge in [0.1, 0.15) is 17.3 Å². The molecule has 1 amide bonds. The fourth-order valence-electron chi connectivity index (χ4n) is 14.3. The van der Waals surface area contributed by atoms with Crippen LogP contribution in [0.4, 0.5) is 0 Å². The number of fused-ring (bicyclic) bond motifs is 4. The fourth-order valence-corrected chi connectivity index (χ4v) is 14.3. The lowest BCUT2D eigenvalue weighted by Crippen LogP contribution is -2.40. The molecule has 576 valence electrons. The molecule has 4 aromatic heterocycles. The van der Waals surface area contributed by atoms with E-state index < -0.39 is 11.9 Å². The van der Waals surface area contributed by atoms with Gasteiger partial charge in [-0.05, 0) is 188 Å². The number of aliphatic carboxylic acids is 2. The van der Waals surface area contributed by atoms with Crippen LogP contribution in [0.15, 0.2) is 18.6 Å². The molecule has 9 N–H and O–H groups in total. The van der Waals surface area contributed by atoms with Crippen LogP contribution in [-0.2, 0) is 112 Å². The Labute approximate surface area is 616 Å². The van der Waals surface area contributed by atoms with Gasteiger partial charge in [-0.3, -0.25) is 53.0 Å². The van der Waals surface area contributed by atoms with Crippen molar-refractivity contribution >= 4 is 65.5 Å². The summed E-state index contributed by atoms with van der Waals surface area (Å²) in [6, 6.07) is 0. The average Bonchev–Trinajstić information content (AvgIpc) is 1.69. The van der Waals surface area contributed by atoms with Gasteiger partial charge in [-0.1, -0.05) is 20.3 Å². The Balaban J connectivity index is 0.000000223. The van der Waals surface area contributed by atoms with E-state index in [2.05, 4.69) is 41.2 Å². The van der Waals surface area contributed by atoms with Crippen molar-refractivity contribution in [3.8, 4) is 0 Å². The van der Waals surface area contributed by atoms with Crippen LogP contribution < -0.4 is 11.1 Å². The first kappa shape index (κ1) is 87.2. The molecule has 8 heterocycles. The minimum atomic E-state index is -0.961. The van der Waals surface area contributed by atoms with E-state index in [9.17, 15) is 43.2 Å². The van der Waals surface area contributed by atoms with Gasteiger partial charge in [-0.2, -0.15) is 0 Å². The van der Waals surface area contributed by atoms with Crippen LogP contribution in [-0.4, -0.2) is 223 Å². The summed E-state index contributed by atoms with van der Waals surface area (Å²) in [7, 11) is 0. The van der Waals surface area contributed by atoms with E-state index in [1.54, 1.807) is 17.3 Å². The Kier molecular flexibility index (Phi) is 42.4. The number of nitrogens with two attached hydrogens (primary N) is 1. The standard InChI is InChI=1S/C17H26N2O2.C16H22N2O3.C16H26N2O.C12H15NO3.C7H10O2.C5H9NO3.C4H9NO.CH4.ClH/c20-13-17-15(6-4-8-19-9-11-21-12-10-19)14-5-2-1-3-7-16(14)18-17;19-14-4-2-1-3-13-16(14)12(11-17-13)5-6-15(20)18-7-9-21-10-8-18;1-2-6-15-14(13-17-16(15)7-3-1)5-4-8-18-9-11-19-12-10-18;14-10-4-2-1-3-9-12(10)8(7-13-9)5-6-11(15)16;8-6-3-1-2-4-7(9)5-6;6-3-4(7)1-2-5(8)9;1-3-6-4-2-5-1;;/h13,18H,1-12H2;11,17H,1-10H2;13,17H,1-12H2;7,13H,1-6H2,(H,15,16);1-5H2;1-3,6H2,(H,8,9);5H,1-4H2;1H4;1H. The van der Waals surface area contributed by atoms with Crippen molar-refractivity contribution in [1.82, 2.24) is 40.0 Å². The number of Topliss-reactive ketones (excluding diaryl/α,β-unsaturated/α-hetero) is 5. The third kappa shape index (κ3) is 31.6. The number of rotatable bonds is 19. The first-order chi connectivity index (χ1) is 49.2. The minimum Gasteiger partial charge on any atom is -0.481 e. The average molecular weight is 1460 g/mol. The van der Waals surface area contributed by atoms with Crippen molar-refractivity contribution in [3.63, 3.8) is 0 Å². The highest BCUT2D eigenvalue weighted by atomic mass is 35.5. The van der Waals surface area contributed by atoms with Crippen LogP contribution >= 0.6 is 12.4 Å². The number of ether oxygens (including phenoxy) is 4. The lowest BCUT2D eigenvalue weighted by molar-refractivity contribution is -0.138. The number of morpholine rings is 4. The molecule has 0 unspecified atom stereocenters. The van der Waals surface area contributed by atoms with E-state index in [-0.39, 0.29) is 86.9 Å². The number of carboxylic acid groups (broad SMARTS) is 2. The number of aromatic nitrogens is 4. The van der Waals surface area contributed by atoms with Crippen LogP contribution in [0.25, 0.3) is 0 Å². The predicted molar refractivity (Wildman–Crippen MR) is 399 cm³/mol. The largest absolute Gasteiger partial charge is 0.481 e. The van der Waals surface area contributed by atoms with Crippen LogP contribution in [0.2, 0.25) is 0 Å². The van der Waals surface area contributed by atoms with Gasteiger partial charge in [0.05, 0.1) is 77.9 Å². The van der Waals surface area contributed by atoms with Crippen molar-refractivity contribution < 1.29 is 72.3 Å². The van der Waals surface area contributed by atoms with Gasteiger partial charge in [-0.15, -0.1) is 12.4 Å². The van der Waals surface area contributed by atoms with Crippen molar-refractivity contribution in [2.45, 2.75) is 219 Å². The maximum absolute atomic E-state index is 12.2. The summed E-state index contributed by atoms with van der Waals surface area (Å²) in [4.78, 5) is 120. The van der Waals surface area contributed by atoms with Crippen LogP contribution in [0.3, 0.4) is 0 Å². The number of aldehydes is 1. The second kappa shape index (κ2) is 50.1. The number of amides is 1. The zero-order valence-electron chi connectivity index (χ0n) is 60.6. The number of ketones is 5. The van der Waals surface area contributed by atoms with E-state index in [0.717, 1.165) is 208 Å². The summed E-state index contributed by atoms with van der Waals surface area (Å²) in [5.41, 5.74) is 20.2. The number of nitrogens with one attached hydrogen (secondary N) is 5. The summed E-state index contributed by atoms with van der Waals surface area (Å²) < 4.78 is 21.0. The predicted octanol–water partition coefficient (Wildman–Crippen LogP) is 9.70. The molecule has 0 atom stereocenters. The zero-order valence-corrected chi connectivity index (χ0v) is 61.4. The Morgan fingerprint density at radius 3 is 1.42 bits per heavy atom. The monoisotopic (exact) mass is 1460 g/mol. The maximum Gasteiger partial charge on any atom is 0.303 e. The number of H-pyrrole nitrogens is 4. The molecule has 5 fully saturated rings. The number of halogens is 1. The van der Waals surface area contributed by atoms with Gasteiger partial charge in [0.25, 0.3) is 0 Å². The molecule has 13 rings (SSSR count). The quantitative estimate of drug-likeness (QED) is 0.0187. The molecule has 1 saturated carbocycles. The SMILES string of the molecule is C.C1COCCN1.Cl.NCC(=O)CCC(=O)O.O=C(O)CCc1c[nH]c2c1C(=O)CCCC2.O=C1CCCCC(=O)C1.O=C1CCCCc2[nH]cc(CCC(=O)N3CCOCC3)c21.O=Cc1[nH]c2c(c1CCCN1CCOCC1)CCCCC2.c1[nH]c2c(c1CCCN1CCOCC1)CCCCC2. The fraction of sp³-hybridized carbons (Fsp3) is 0.679. The number of carbonyl (C=O) groups is 9. The van der Waals surface area contributed by atoms with Crippen molar-refractivity contribution in [3.05, 3.63) is 91.6 Å². The third-order valence-electron chi connectivity index (χ3n) is 20.0. The van der Waals surface area contributed by atoms with Gasteiger partial charge < -0.3 is 65.0 Å². The molecule has 4 saturated heterocycles. The molecule has 4 aliphatic heterocycles. The smallest absolute Gasteiger partial charge is 0.303 e. The van der Waals surface area contributed by atoms with E-state index in [0.29, 0.717) is 71.2 Å². The highest BCUT2D eigenvalue weighted by Crippen LogP contribution is 2.29. The summed E-state index contributed by atoms with van der Waals surface area (Å²) >= 11 is 0. The zero-order chi connectivity index (χ0) is 71.8. The van der Waals surface area contributed by atoms with Gasteiger partial charge in [0, 0.05) is 150 Å². The van der Waals surface area contributed by atoms with Gasteiger partial charge >= 0.3 is 11.9 Å². The summed E-state index contributed by atoms with van der Waals surface area (Å²) in [5.74, 6) is -1.19. The number of hydrogen-bond donors (Lipinski definition) is 8. The molecule has 0 aromatic carbocycles. The molecule has 5 aliphatic carbocycles. The molecule has 9 aliphatic rings. The van der Waals surface area contributed by atoms with Gasteiger partial charge in [0.15, 0.2) is 17.9 Å². The molecular weight excluding hydrogens is 1340 g/mol. The number of aromatic amines is 4. The van der Waals surface area contributed by atoms with E-state index in [1.165, 1.54) is 93.3 Å². The first-order valence-corrected chi connectivity index (χ1v) is 37.9. The van der Waals surface area contributed by atoms with Crippen molar-refractivity contribution in [2.24, 2.45) is 5.73 Å². The number of aryl methyl sites for hydroxylation is 7. The molecule has 0 bridgehead atoms.